The van der Waals surface area contributed by atoms with Gasteiger partial charge in [0.15, 0.2) is 0 Å². The van der Waals surface area contributed by atoms with Gasteiger partial charge >= 0.3 is 6.09 Å². The zero-order valence-electron chi connectivity index (χ0n) is 16.5. The first-order valence-corrected chi connectivity index (χ1v) is 9.20. The van der Waals surface area contributed by atoms with E-state index in [-0.39, 0.29) is 18.5 Å². The highest BCUT2D eigenvalue weighted by atomic mass is 19.1. The van der Waals surface area contributed by atoms with Crippen molar-refractivity contribution in [3.8, 4) is 5.75 Å². The summed E-state index contributed by atoms with van der Waals surface area (Å²) in [5.41, 5.74) is -0.0696. The molecule has 0 saturated carbocycles. The molecule has 1 heterocycles. The molecule has 1 amide bonds. The lowest BCUT2D eigenvalue weighted by molar-refractivity contribution is -0.293. The number of amides is 1. The number of rotatable bonds is 7. The molecule has 1 aromatic carbocycles. The van der Waals surface area contributed by atoms with Crippen LogP contribution in [0.5, 0.6) is 5.75 Å². The average Bonchev–Trinajstić information content (AvgIpc) is 2.61. The first kappa shape index (κ1) is 21.2. The number of hydrogen-bond acceptors (Lipinski definition) is 6. The number of benzene rings is 1. The second-order valence-electron chi connectivity index (χ2n) is 7.14. The molecule has 152 valence electrons. The number of anilines is 1. The molecule has 0 N–H and O–H groups in total. The monoisotopic (exact) mass is 384 g/mol. The fourth-order valence-electron chi connectivity index (χ4n) is 2.62. The molecule has 1 aliphatic rings. The fraction of sp³-hybridized carbons (Fsp3) is 0.632. The van der Waals surface area contributed by atoms with Gasteiger partial charge in [-0.3, -0.25) is 0 Å². The van der Waals surface area contributed by atoms with Gasteiger partial charge in [0.25, 0.3) is 0 Å². The van der Waals surface area contributed by atoms with E-state index in [2.05, 4.69) is 0 Å². The van der Waals surface area contributed by atoms with Gasteiger partial charge in [0.1, 0.15) is 30.4 Å². The largest absolute Gasteiger partial charge is 0.491 e. The van der Waals surface area contributed by atoms with E-state index in [1.165, 1.54) is 6.07 Å². The number of halogens is 1. The van der Waals surface area contributed by atoms with E-state index in [1.807, 2.05) is 32.6 Å². The quantitative estimate of drug-likeness (QED) is 0.409. The van der Waals surface area contributed by atoms with E-state index in [9.17, 15) is 9.18 Å². The van der Waals surface area contributed by atoms with E-state index in [1.54, 1.807) is 17.0 Å². The molecular weight excluding hydrogens is 355 g/mol. The summed E-state index contributed by atoms with van der Waals surface area (Å²) in [4.78, 5) is 25.3. The van der Waals surface area contributed by atoms with Crippen LogP contribution in [0.3, 0.4) is 0 Å². The average molecular weight is 384 g/mol. The third-order valence-electron chi connectivity index (χ3n) is 3.83. The predicted molar refractivity (Wildman–Crippen MR) is 99.5 cm³/mol. The van der Waals surface area contributed by atoms with Crippen LogP contribution >= 0.6 is 0 Å². The Balaban J connectivity index is 1.89. The molecule has 0 radical (unpaired) electrons. The van der Waals surface area contributed by atoms with E-state index in [4.69, 9.17) is 19.2 Å². The van der Waals surface area contributed by atoms with E-state index in [0.717, 1.165) is 0 Å². The Hall–Kier alpha value is -2.06. The Kier molecular flexibility index (Phi) is 7.67. The van der Waals surface area contributed by atoms with Crippen molar-refractivity contribution in [2.24, 2.45) is 0 Å². The Labute approximate surface area is 159 Å². The van der Waals surface area contributed by atoms with Crippen LogP contribution in [0.1, 0.15) is 27.7 Å². The van der Waals surface area contributed by atoms with Crippen molar-refractivity contribution in [1.29, 1.82) is 0 Å². The van der Waals surface area contributed by atoms with Crippen LogP contribution in [-0.2, 0) is 14.5 Å². The summed E-state index contributed by atoms with van der Waals surface area (Å²) >= 11 is 0. The minimum Gasteiger partial charge on any atom is -0.491 e. The molecule has 7 nitrogen and oxygen atoms in total. The maximum atomic E-state index is 14.3. The first-order valence-electron chi connectivity index (χ1n) is 9.20. The second kappa shape index (κ2) is 9.75. The Morgan fingerprint density at radius 1 is 1.11 bits per heavy atom. The minimum atomic E-state index is -0.530. The number of carbonyl (C=O) groups is 1. The fourth-order valence-corrected chi connectivity index (χ4v) is 2.62. The van der Waals surface area contributed by atoms with Crippen LogP contribution in [0, 0.1) is 5.82 Å². The van der Waals surface area contributed by atoms with E-state index >= 15 is 0 Å². The molecule has 8 heteroatoms. The van der Waals surface area contributed by atoms with Crippen molar-refractivity contribution >= 4 is 11.8 Å². The summed E-state index contributed by atoms with van der Waals surface area (Å²) in [5.74, 6) is 0.236. The third kappa shape index (κ3) is 6.88. The number of piperazine rings is 1. The van der Waals surface area contributed by atoms with Crippen LogP contribution in [0.4, 0.5) is 14.9 Å². The molecule has 0 atom stereocenters. The molecule has 0 aromatic heterocycles. The summed E-state index contributed by atoms with van der Waals surface area (Å²) in [6, 6.07) is 4.63. The van der Waals surface area contributed by atoms with Gasteiger partial charge < -0.3 is 19.3 Å². The van der Waals surface area contributed by atoms with Crippen molar-refractivity contribution in [3.05, 3.63) is 24.0 Å². The number of nitrogens with zero attached hydrogens (tertiary/aromatic N) is 2. The molecule has 0 unspecified atom stereocenters. The maximum Gasteiger partial charge on any atom is 0.410 e. The minimum absolute atomic E-state index is 0.287. The summed E-state index contributed by atoms with van der Waals surface area (Å²) in [5, 5.41) is 0. The Bertz CT molecular complexity index is 613. The lowest BCUT2D eigenvalue weighted by Gasteiger charge is -2.36. The van der Waals surface area contributed by atoms with Gasteiger partial charge in [-0.25, -0.2) is 19.0 Å². The number of hydrogen-bond donors (Lipinski definition) is 0. The van der Waals surface area contributed by atoms with Gasteiger partial charge in [-0.05, 0) is 39.8 Å². The first-order chi connectivity index (χ1) is 12.8. The lowest BCUT2D eigenvalue weighted by atomic mass is 10.2. The SMILES string of the molecule is CCOOCCOc1ccc(F)c(N2CCN(C(=O)OC(C)(C)C)CC2)c1. The zero-order valence-corrected chi connectivity index (χ0v) is 16.5. The summed E-state index contributed by atoms with van der Waals surface area (Å²) < 4.78 is 25.2. The lowest BCUT2D eigenvalue weighted by Crippen LogP contribution is -2.50. The molecule has 0 bridgehead atoms. The molecule has 2 rings (SSSR count). The standard InChI is InChI=1S/C19H29FN2O5/c1-5-25-26-13-12-24-15-6-7-16(20)17(14-15)21-8-10-22(11-9-21)18(23)27-19(2,3)4/h6-7,14H,5,8-13H2,1-4H3. The highest BCUT2D eigenvalue weighted by Gasteiger charge is 2.27. The van der Waals surface area contributed by atoms with Gasteiger partial charge in [-0.2, -0.15) is 0 Å². The van der Waals surface area contributed by atoms with Crippen molar-refractivity contribution in [2.45, 2.75) is 33.3 Å². The molecule has 27 heavy (non-hydrogen) atoms. The van der Waals surface area contributed by atoms with Crippen molar-refractivity contribution in [1.82, 2.24) is 4.90 Å². The van der Waals surface area contributed by atoms with Crippen LogP contribution in [-0.4, -0.2) is 62.6 Å². The van der Waals surface area contributed by atoms with E-state index < -0.39 is 5.60 Å². The van der Waals surface area contributed by atoms with Crippen LogP contribution in [0.2, 0.25) is 0 Å². The molecule has 0 aliphatic carbocycles. The van der Waals surface area contributed by atoms with Gasteiger partial charge in [0.2, 0.25) is 0 Å². The molecule has 0 spiro atoms. The normalized spacial score (nSPS) is 15.0. The van der Waals surface area contributed by atoms with Gasteiger partial charge in [-0.15, -0.1) is 0 Å². The molecule has 1 aromatic rings. The van der Waals surface area contributed by atoms with Crippen LogP contribution in [0.25, 0.3) is 0 Å². The van der Waals surface area contributed by atoms with Crippen molar-refractivity contribution < 1.29 is 28.4 Å². The summed E-state index contributed by atoms with van der Waals surface area (Å²) in [7, 11) is 0. The number of carbonyl (C=O) groups excluding carboxylic acids is 1. The molecule has 1 aliphatic heterocycles. The van der Waals surface area contributed by atoms with Gasteiger partial charge in [-0.1, -0.05) is 0 Å². The summed E-state index contributed by atoms with van der Waals surface area (Å²) in [6.07, 6.45) is -0.339. The zero-order chi connectivity index (χ0) is 19.9. The van der Waals surface area contributed by atoms with Gasteiger partial charge in [0.05, 0.1) is 12.3 Å². The molecule has 1 fully saturated rings. The highest BCUT2D eigenvalue weighted by molar-refractivity contribution is 5.68. The second-order valence-corrected chi connectivity index (χ2v) is 7.14. The summed E-state index contributed by atoms with van der Waals surface area (Å²) in [6.45, 7) is 10.4. The van der Waals surface area contributed by atoms with Gasteiger partial charge in [0, 0.05) is 32.2 Å². The third-order valence-corrected chi connectivity index (χ3v) is 3.83. The Morgan fingerprint density at radius 3 is 2.44 bits per heavy atom. The maximum absolute atomic E-state index is 14.3. The smallest absolute Gasteiger partial charge is 0.410 e. The predicted octanol–water partition coefficient (Wildman–Crippen LogP) is 3.23. The van der Waals surface area contributed by atoms with Crippen molar-refractivity contribution in [2.75, 3.05) is 50.9 Å². The van der Waals surface area contributed by atoms with Crippen LogP contribution < -0.4 is 9.64 Å². The topological polar surface area (TPSA) is 60.5 Å². The van der Waals surface area contributed by atoms with Crippen molar-refractivity contribution in [3.63, 3.8) is 0 Å². The Morgan fingerprint density at radius 2 is 1.81 bits per heavy atom. The number of ether oxygens (including phenoxy) is 2. The molecular formula is C19H29FN2O5. The highest BCUT2D eigenvalue weighted by Crippen LogP contribution is 2.26. The van der Waals surface area contributed by atoms with E-state index in [0.29, 0.717) is 50.8 Å². The van der Waals surface area contributed by atoms with Crippen LogP contribution in [0.15, 0.2) is 18.2 Å². The molecule has 1 saturated heterocycles.